The zero-order valence-electron chi connectivity index (χ0n) is 9.82. The number of nitrogens with zero attached hydrogens (tertiary/aromatic N) is 2. The molecule has 1 fully saturated rings. The number of aliphatic hydroxyl groups is 3. The first kappa shape index (κ1) is 12.2. The van der Waals surface area contributed by atoms with Crippen LogP contribution in [0.2, 0.25) is 0 Å². The highest BCUT2D eigenvalue weighted by Crippen LogP contribution is 2.32. The molecule has 102 valence electrons. The first-order valence-electron chi connectivity index (χ1n) is 5.76. The Kier molecular flexibility index (Phi) is 2.82. The van der Waals surface area contributed by atoms with Crippen LogP contribution in [0.1, 0.15) is 11.9 Å². The fourth-order valence-corrected chi connectivity index (χ4v) is 2.16. The van der Waals surface area contributed by atoms with Gasteiger partial charge in [-0.25, -0.2) is 4.98 Å². The van der Waals surface area contributed by atoms with E-state index >= 15 is 0 Å². The Morgan fingerprint density at radius 1 is 1.37 bits per heavy atom. The summed E-state index contributed by atoms with van der Waals surface area (Å²) in [6.07, 6.45) is -2.65. The van der Waals surface area contributed by atoms with Gasteiger partial charge in [0.15, 0.2) is 18.2 Å². The molecular formula is C10H14N5O4+. The Morgan fingerprint density at radius 3 is 2.84 bits per heavy atom. The maximum Gasteiger partial charge on any atom is 0.305 e. The topological polar surface area (TPSA) is 152 Å². The molecule has 2 aromatic heterocycles. The largest absolute Gasteiger partial charge is 0.394 e. The van der Waals surface area contributed by atoms with Crippen LogP contribution in [0.15, 0.2) is 6.33 Å². The van der Waals surface area contributed by atoms with E-state index in [0.29, 0.717) is 11.2 Å². The number of fused-ring (bicyclic) bond motifs is 1. The van der Waals surface area contributed by atoms with Crippen LogP contribution in [0, 0.1) is 0 Å². The Hall–Kier alpha value is -1.81. The predicted molar refractivity (Wildman–Crippen MR) is 61.6 cm³/mol. The molecule has 9 heteroatoms. The number of imidazole rings is 1. The smallest absolute Gasteiger partial charge is 0.305 e. The Morgan fingerprint density at radius 2 is 2.16 bits per heavy atom. The fraction of sp³-hybridized carbons (Fsp3) is 0.500. The van der Waals surface area contributed by atoms with Gasteiger partial charge in [0.05, 0.1) is 6.61 Å². The monoisotopic (exact) mass is 268 g/mol. The average molecular weight is 268 g/mol. The standard InChI is InChI=1S/C10H13N5O4/c11-8-4-9(13-2-12-4)15-10(14-8)7-6(18)5(17)3(1-16)19-7/h2-3,5-7,16-18H,1H2,(H3,11,12,13,14,15)/p+1/t3-,5+,6+,7?/m1/s1. The number of hydrogen-bond acceptors (Lipinski definition) is 7. The first-order chi connectivity index (χ1) is 9.11. The summed E-state index contributed by atoms with van der Waals surface area (Å²) in [6, 6.07) is 0. The molecule has 4 atom stereocenters. The lowest BCUT2D eigenvalue weighted by Crippen LogP contribution is -2.32. The van der Waals surface area contributed by atoms with Crippen LogP contribution in [0.4, 0.5) is 5.82 Å². The summed E-state index contributed by atoms with van der Waals surface area (Å²) in [5.41, 5.74) is 6.79. The highest BCUT2D eigenvalue weighted by Gasteiger charge is 2.46. The zero-order chi connectivity index (χ0) is 13.6. The van der Waals surface area contributed by atoms with E-state index in [1.807, 2.05) is 0 Å². The molecule has 2 aromatic rings. The van der Waals surface area contributed by atoms with Crippen molar-refractivity contribution in [3.63, 3.8) is 0 Å². The molecule has 3 rings (SSSR count). The van der Waals surface area contributed by atoms with Crippen molar-refractivity contribution in [3.05, 3.63) is 12.2 Å². The van der Waals surface area contributed by atoms with Gasteiger partial charge in [-0.3, -0.25) is 4.98 Å². The summed E-state index contributed by atoms with van der Waals surface area (Å²) in [4.78, 5) is 13.9. The van der Waals surface area contributed by atoms with Crippen molar-refractivity contribution in [1.82, 2.24) is 15.0 Å². The number of aromatic amines is 2. The second-order valence-electron chi connectivity index (χ2n) is 4.38. The predicted octanol–water partition coefficient (Wildman–Crippen LogP) is -2.49. The van der Waals surface area contributed by atoms with Gasteiger partial charge in [-0.1, -0.05) is 4.98 Å². The summed E-state index contributed by atoms with van der Waals surface area (Å²) in [6.45, 7) is -0.400. The maximum atomic E-state index is 9.90. The molecule has 3 heterocycles. The third-order valence-electron chi connectivity index (χ3n) is 3.18. The van der Waals surface area contributed by atoms with Crippen molar-refractivity contribution in [2.45, 2.75) is 24.4 Å². The Bertz CT molecular complexity index is 603. The van der Waals surface area contributed by atoms with Crippen LogP contribution in [0.25, 0.3) is 11.2 Å². The molecule has 0 spiro atoms. The second kappa shape index (κ2) is 4.38. The van der Waals surface area contributed by atoms with Gasteiger partial charge in [0.1, 0.15) is 18.3 Å². The molecule has 0 aliphatic carbocycles. The van der Waals surface area contributed by atoms with E-state index in [1.54, 1.807) is 6.33 Å². The summed E-state index contributed by atoms with van der Waals surface area (Å²) < 4.78 is 5.35. The molecule has 0 amide bonds. The summed E-state index contributed by atoms with van der Waals surface area (Å²) in [5.74, 6) is 0.363. The third-order valence-corrected chi connectivity index (χ3v) is 3.18. The lowest BCUT2D eigenvalue weighted by atomic mass is 10.1. The Labute approximate surface area is 107 Å². The van der Waals surface area contributed by atoms with Gasteiger partial charge in [0, 0.05) is 0 Å². The molecule has 0 radical (unpaired) electrons. The number of aliphatic hydroxyl groups excluding tert-OH is 3. The number of ether oxygens (including phenoxy) is 1. The van der Waals surface area contributed by atoms with Crippen molar-refractivity contribution in [1.29, 1.82) is 0 Å². The molecule has 1 aliphatic heterocycles. The van der Waals surface area contributed by atoms with Gasteiger partial charge in [-0.05, 0) is 0 Å². The minimum Gasteiger partial charge on any atom is -0.394 e. The molecule has 7 N–H and O–H groups in total. The number of hydrogen-bond donors (Lipinski definition) is 5. The number of aromatic nitrogens is 4. The lowest BCUT2D eigenvalue weighted by Gasteiger charge is -2.11. The highest BCUT2D eigenvalue weighted by atomic mass is 16.6. The molecule has 0 bridgehead atoms. The van der Waals surface area contributed by atoms with E-state index < -0.39 is 31.0 Å². The number of nitrogen functional groups attached to an aromatic ring is 1. The summed E-state index contributed by atoms with van der Waals surface area (Å²) in [5, 5.41) is 28.6. The van der Waals surface area contributed by atoms with Crippen LogP contribution in [-0.2, 0) is 4.74 Å². The fourth-order valence-electron chi connectivity index (χ4n) is 2.16. The number of anilines is 1. The number of nitrogens with one attached hydrogen (secondary N) is 2. The third kappa shape index (κ3) is 1.83. The SMILES string of the molecule is Nc1nc(C2O[C@H](CO)[C@H](O)[C@@H]2O)nc2[nH+]c[nH]c12. The van der Waals surface area contributed by atoms with Crippen molar-refractivity contribution in [2.24, 2.45) is 0 Å². The number of H-pyrrole nitrogens is 2. The lowest BCUT2D eigenvalue weighted by molar-refractivity contribution is -0.347. The van der Waals surface area contributed by atoms with Gasteiger partial charge in [0.25, 0.3) is 0 Å². The molecule has 0 saturated carbocycles. The maximum absolute atomic E-state index is 9.90. The molecule has 19 heavy (non-hydrogen) atoms. The van der Waals surface area contributed by atoms with E-state index in [0.717, 1.165) is 0 Å². The summed E-state index contributed by atoms with van der Waals surface area (Å²) >= 11 is 0. The molecular weight excluding hydrogens is 254 g/mol. The van der Waals surface area contributed by atoms with Crippen molar-refractivity contribution in [2.75, 3.05) is 12.3 Å². The van der Waals surface area contributed by atoms with E-state index in [-0.39, 0.29) is 11.6 Å². The Balaban J connectivity index is 2.00. The number of rotatable bonds is 2. The van der Waals surface area contributed by atoms with Gasteiger partial charge in [-0.2, -0.15) is 4.98 Å². The average Bonchev–Trinajstić information content (AvgIpc) is 2.96. The van der Waals surface area contributed by atoms with Crippen LogP contribution in [0.3, 0.4) is 0 Å². The highest BCUT2D eigenvalue weighted by molar-refractivity contribution is 5.78. The van der Waals surface area contributed by atoms with Crippen molar-refractivity contribution < 1.29 is 25.0 Å². The van der Waals surface area contributed by atoms with Gasteiger partial charge in [-0.15, -0.1) is 0 Å². The normalized spacial score (nSPS) is 31.1. The second-order valence-corrected chi connectivity index (χ2v) is 4.38. The number of nitrogens with two attached hydrogens (primary N) is 1. The van der Waals surface area contributed by atoms with E-state index in [2.05, 4.69) is 19.9 Å². The molecule has 1 saturated heterocycles. The minimum absolute atomic E-state index is 0.156. The minimum atomic E-state index is -1.21. The van der Waals surface area contributed by atoms with Gasteiger partial charge < -0.3 is 25.8 Å². The van der Waals surface area contributed by atoms with Crippen molar-refractivity contribution in [3.8, 4) is 0 Å². The van der Waals surface area contributed by atoms with Crippen LogP contribution in [-0.4, -0.2) is 55.2 Å². The zero-order valence-corrected chi connectivity index (χ0v) is 9.82. The van der Waals surface area contributed by atoms with Gasteiger partial charge >= 0.3 is 5.65 Å². The van der Waals surface area contributed by atoms with Crippen LogP contribution in [0.5, 0.6) is 0 Å². The summed E-state index contributed by atoms with van der Waals surface area (Å²) in [7, 11) is 0. The molecule has 0 aromatic carbocycles. The van der Waals surface area contributed by atoms with E-state index in [4.69, 9.17) is 15.6 Å². The van der Waals surface area contributed by atoms with Crippen LogP contribution >= 0.6 is 0 Å². The van der Waals surface area contributed by atoms with Gasteiger partial charge in [0.2, 0.25) is 11.3 Å². The molecule has 9 nitrogen and oxygen atoms in total. The molecule has 1 aliphatic rings. The molecule has 1 unspecified atom stereocenters. The van der Waals surface area contributed by atoms with Crippen LogP contribution < -0.4 is 10.7 Å². The quantitative estimate of drug-likeness (QED) is 0.404. The van der Waals surface area contributed by atoms with Crippen molar-refractivity contribution >= 4 is 17.0 Å². The van der Waals surface area contributed by atoms with E-state index in [9.17, 15) is 10.2 Å². The first-order valence-corrected chi connectivity index (χ1v) is 5.76. The van der Waals surface area contributed by atoms with E-state index in [1.165, 1.54) is 0 Å².